The maximum Gasteiger partial charge on any atom is 0.243 e. The van der Waals surface area contributed by atoms with Crippen LogP contribution in [0.3, 0.4) is 0 Å². The molecule has 2 heterocycles. The SMILES string of the molecule is Cl.Cl.N[C@@H](Cc1ccc(O)cc1)C(=O)N1CCC[C@H]1C(=O)N[C@@H](Cc1ccccn1)c1ccccc1. The summed E-state index contributed by atoms with van der Waals surface area (Å²) in [6.07, 6.45) is 4.00. The summed E-state index contributed by atoms with van der Waals surface area (Å²) in [6, 6.07) is 20.6. The van der Waals surface area contributed by atoms with Crippen molar-refractivity contribution in [3.8, 4) is 5.75 Å². The van der Waals surface area contributed by atoms with Gasteiger partial charge in [-0.05, 0) is 54.7 Å². The molecule has 0 spiro atoms. The lowest BCUT2D eigenvalue weighted by Crippen LogP contribution is -2.52. The Balaban J connectivity index is 0.00000228. The molecule has 2 amide bonds. The molecule has 3 atom stereocenters. The number of aromatic nitrogens is 1. The first-order chi connectivity index (χ1) is 16.5. The molecule has 3 aromatic rings. The second-order valence-electron chi connectivity index (χ2n) is 8.66. The fraction of sp³-hybridized carbons (Fsp3) is 0.296. The zero-order valence-electron chi connectivity index (χ0n) is 19.8. The number of nitrogens with one attached hydrogen (secondary N) is 1. The molecule has 0 radical (unpaired) electrons. The molecule has 192 valence electrons. The summed E-state index contributed by atoms with van der Waals surface area (Å²) in [5, 5.41) is 12.6. The molecule has 0 saturated carbocycles. The average molecular weight is 531 g/mol. The van der Waals surface area contributed by atoms with Crippen molar-refractivity contribution in [1.29, 1.82) is 0 Å². The minimum absolute atomic E-state index is 0. The van der Waals surface area contributed by atoms with Crippen molar-refractivity contribution in [2.45, 2.75) is 43.8 Å². The lowest BCUT2D eigenvalue weighted by molar-refractivity contribution is -0.139. The third-order valence-corrected chi connectivity index (χ3v) is 6.21. The Kier molecular flexibility index (Phi) is 11.2. The topological polar surface area (TPSA) is 109 Å². The predicted molar refractivity (Wildman–Crippen MR) is 144 cm³/mol. The highest BCUT2D eigenvalue weighted by atomic mass is 35.5. The van der Waals surface area contributed by atoms with Gasteiger partial charge in [-0.3, -0.25) is 14.6 Å². The van der Waals surface area contributed by atoms with Crippen molar-refractivity contribution >= 4 is 36.6 Å². The van der Waals surface area contributed by atoms with Gasteiger partial charge in [0.2, 0.25) is 11.8 Å². The molecule has 0 unspecified atom stereocenters. The van der Waals surface area contributed by atoms with Crippen LogP contribution in [-0.2, 0) is 22.4 Å². The van der Waals surface area contributed by atoms with Gasteiger partial charge in [0.05, 0.1) is 12.1 Å². The molecule has 4 N–H and O–H groups in total. The molecule has 4 rings (SSSR count). The lowest BCUT2D eigenvalue weighted by atomic mass is 10.0. The first-order valence-corrected chi connectivity index (χ1v) is 11.6. The van der Waals surface area contributed by atoms with Crippen LogP contribution in [0, 0.1) is 0 Å². The van der Waals surface area contributed by atoms with Crippen LogP contribution in [0.1, 0.15) is 35.7 Å². The Bertz CT molecular complexity index is 1100. The van der Waals surface area contributed by atoms with E-state index in [4.69, 9.17) is 5.73 Å². The van der Waals surface area contributed by atoms with Crippen LogP contribution in [0.4, 0.5) is 0 Å². The molecule has 0 aliphatic carbocycles. The van der Waals surface area contributed by atoms with E-state index in [2.05, 4.69) is 10.3 Å². The first-order valence-electron chi connectivity index (χ1n) is 11.6. The molecule has 36 heavy (non-hydrogen) atoms. The number of nitrogens with zero attached hydrogens (tertiary/aromatic N) is 2. The van der Waals surface area contributed by atoms with E-state index in [1.165, 1.54) is 0 Å². The molecule has 7 nitrogen and oxygen atoms in total. The number of hydrogen-bond donors (Lipinski definition) is 3. The van der Waals surface area contributed by atoms with Crippen molar-refractivity contribution < 1.29 is 14.7 Å². The third-order valence-electron chi connectivity index (χ3n) is 6.21. The average Bonchev–Trinajstić information content (AvgIpc) is 3.36. The summed E-state index contributed by atoms with van der Waals surface area (Å²) < 4.78 is 0. The molecule has 9 heteroatoms. The van der Waals surface area contributed by atoms with E-state index in [0.29, 0.717) is 25.8 Å². The van der Waals surface area contributed by atoms with Gasteiger partial charge in [0, 0.05) is 24.9 Å². The number of rotatable bonds is 8. The normalized spacial score (nSPS) is 16.2. The Morgan fingerprint density at radius 3 is 2.36 bits per heavy atom. The smallest absolute Gasteiger partial charge is 0.243 e. The first kappa shape index (κ1) is 29.1. The second kappa shape index (κ2) is 13.8. The number of hydrogen-bond acceptors (Lipinski definition) is 5. The highest BCUT2D eigenvalue weighted by Gasteiger charge is 2.37. The van der Waals surface area contributed by atoms with Crippen LogP contribution >= 0.6 is 24.8 Å². The van der Waals surface area contributed by atoms with Gasteiger partial charge in [0.15, 0.2) is 0 Å². The van der Waals surface area contributed by atoms with Crippen LogP contribution in [-0.4, -0.2) is 45.4 Å². The molecule has 2 aromatic carbocycles. The minimum Gasteiger partial charge on any atom is -0.508 e. The van der Waals surface area contributed by atoms with Crippen LogP contribution in [0.2, 0.25) is 0 Å². The van der Waals surface area contributed by atoms with Crippen molar-refractivity contribution in [2.24, 2.45) is 5.73 Å². The number of phenolic OH excluding ortho intramolecular Hbond substituents is 1. The number of phenols is 1. The quantitative estimate of drug-likeness (QED) is 0.412. The van der Waals surface area contributed by atoms with Gasteiger partial charge in [0.1, 0.15) is 11.8 Å². The van der Waals surface area contributed by atoms with E-state index >= 15 is 0 Å². The van der Waals surface area contributed by atoms with E-state index in [-0.39, 0.29) is 48.4 Å². The summed E-state index contributed by atoms with van der Waals surface area (Å²) >= 11 is 0. The zero-order chi connectivity index (χ0) is 23.9. The predicted octanol–water partition coefficient (Wildman–Crippen LogP) is 3.59. The molecule has 1 aromatic heterocycles. The lowest BCUT2D eigenvalue weighted by Gasteiger charge is -2.28. The maximum absolute atomic E-state index is 13.4. The number of likely N-dealkylation sites (tertiary alicyclic amines) is 1. The Labute approximate surface area is 223 Å². The summed E-state index contributed by atoms with van der Waals surface area (Å²) in [5.41, 5.74) is 8.96. The van der Waals surface area contributed by atoms with Gasteiger partial charge in [-0.25, -0.2) is 0 Å². The van der Waals surface area contributed by atoms with Crippen molar-refractivity contribution in [3.63, 3.8) is 0 Å². The maximum atomic E-state index is 13.4. The molecule has 1 aliphatic heterocycles. The van der Waals surface area contributed by atoms with E-state index in [0.717, 1.165) is 23.2 Å². The van der Waals surface area contributed by atoms with Crippen LogP contribution in [0.25, 0.3) is 0 Å². The highest BCUT2D eigenvalue weighted by molar-refractivity contribution is 5.90. The van der Waals surface area contributed by atoms with Gasteiger partial charge in [-0.1, -0.05) is 48.5 Å². The van der Waals surface area contributed by atoms with Gasteiger partial charge in [-0.15, -0.1) is 24.8 Å². The molecular weight excluding hydrogens is 499 g/mol. The van der Waals surface area contributed by atoms with E-state index in [1.54, 1.807) is 35.4 Å². The number of nitrogens with two attached hydrogens (primary N) is 1. The van der Waals surface area contributed by atoms with E-state index in [9.17, 15) is 14.7 Å². The Hall–Kier alpha value is -3.13. The largest absolute Gasteiger partial charge is 0.508 e. The van der Waals surface area contributed by atoms with Gasteiger partial charge in [0.25, 0.3) is 0 Å². The third kappa shape index (κ3) is 7.43. The van der Waals surface area contributed by atoms with Crippen molar-refractivity contribution in [2.75, 3.05) is 6.54 Å². The summed E-state index contributed by atoms with van der Waals surface area (Å²) in [7, 11) is 0. The van der Waals surface area contributed by atoms with Crippen molar-refractivity contribution in [1.82, 2.24) is 15.2 Å². The monoisotopic (exact) mass is 530 g/mol. The fourth-order valence-electron chi connectivity index (χ4n) is 4.42. The summed E-state index contributed by atoms with van der Waals surface area (Å²) in [6.45, 7) is 0.510. The molecular formula is C27H32Cl2N4O3. The van der Waals surface area contributed by atoms with E-state index in [1.807, 2.05) is 48.5 Å². The summed E-state index contributed by atoms with van der Waals surface area (Å²) in [5.74, 6) is -0.238. The number of carbonyl (C=O) groups excluding carboxylic acids is 2. The zero-order valence-corrected chi connectivity index (χ0v) is 21.5. The minimum atomic E-state index is -0.753. The van der Waals surface area contributed by atoms with Crippen LogP contribution < -0.4 is 11.1 Å². The molecule has 1 saturated heterocycles. The van der Waals surface area contributed by atoms with Gasteiger partial charge in [-0.2, -0.15) is 0 Å². The summed E-state index contributed by atoms with van der Waals surface area (Å²) in [4.78, 5) is 32.5. The number of pyridine rings is 1. The number of amides is 2. The van der Waals surface area contributed by atoms with E-state index < -0.39 is 12.1 Å². The number of halogens is 2. The van der Waals surface area contributed by atoms with Crippen LogP contribution in [0.15, 0.2) is 79.0 Å². The van der Waals surface area contributed by atoms with Crippen molar-refractivity contribution in [3.05, 3.63) is 95.8 Å². The van der Waals surface area contributed by atoms with Gasteiger partial charge >= 0.3 is 0 Å². The molecule has 0 bridgehead atoms. The highest BCUT2D eigenvalue weighted by Crippen LogP contribution is 2.23. The molecule has 1 aliphatic rings. The second-order valence-corrected chi connectivity index (χ2v) is 8.66. The van der Waals surface area contributed by atoms with Crippen LogP contribution in [0.5, 0.6) is 5.75 Å². The molecule has 1 fully saturated rings. The van der Waals surface area contributed by atoms with Gasteiger partial charge < -0.3 is 21.1 Å². The number of benzene rings is 2. The fourth-order valence-corrected chi connectivity index (χ4v) is 4.42. The Morgan fingerprint density at radius 2 is 1.69 bits per heavy atom. The number of carbonyl (C=O) groups is 2. The number of aromatic hydroxyl groups is 1. The standard InChI is InChI=1S/C27H30N4O3.2ClH/c28-23(17-19-11-13-22(32)14-12-19)27(34)31-16-6-10-25(31)26(33)30-24(20-7-2-1-3-8-20)18-21-9-4-5-15-29-21;;/h1-5,7-9,11-15,23-25,32H,6,10,16-18,28H2,(H,30,33);2*1H/t23-,24-,25-;;/m0../s1. The Morgan fingerprint density at radius 1 is 1.00 bits per heavy atom.